The summed E-state index contributed by atoms with van der Waals surface area (Å²) >= 11 is 5.60. The summed E-state index contributed by atoms with van der Waals surface area (Å²) in [6, 6.07) is 16.2. The van der Waals surface area contributed by atoms with E-state index in [1.807, 2.05) is 48.5 Å². The molecular weight excluding hydrogens is 459 g/mol. The lowest BCUT2D eigenvalue weighted by molar-refractivity contribution is -0.140. The number of alkyl halides is 3. The van der Waals surface area contributed by atoms with Gasteiger partial charge in [0.05, 0.1) is 10.6 Å². The molecule has 2 N–H and O–H groups in total. The number of nitrogens with one attached hydrogen (secondary N) is 1. The van der Waals surface area contributed by atoms with Crippen LogP contribution in [0.1, 0.15) is 34.2 Å². The van der Waals surface area contributed by atoms with Gasteiger partial charge in [0, 0.05) is 5.92 Å². The fourth-order valence-electron chi connectivity index (χ4n) is 3.99. The molecule has 170 valence electrons. The largest absolute Gasteiger partial charge is 0.479 e. The Balaban J connectivity index is 1.51. The lowest BCUT2D eigenvalue weighted by Crippen LogP contribution is -2.35. The van der Waals surface area contributed by atoms with Gasteiger partial charge in [0.2, 0.25) is 0 Å². The molecule has 0 fully saturated rings. The molecule has 1 aliphatic carbocycles. The molecule has 1 aliphatic rings. The average Bonchev–Trinajstić information content (AvgIpc) is 3.09. The maximum Gasteiger partial charge on any atom is 0.417 e. The van der Waals surface area contributed by atoms with Gasteiger partial charge in [-0.2, -0.15) is 13.2 Å². The number of fused-ring (bicyclic) bond motifs is 3. The quantitative estimate of drug-likeness (QED) is 0.473. The second-order valence-electron chi connectivity index (χ2n) is 7.48. The van der Waals surface area contributed by atoms with Gasteiger partial charge in [-0.05, 0) is 39.9 Å². The van der Waals surface area contributed by atoms with Crippen LogP contribution in [0.25, 0.3) is 11.1 Å². The highest BCUT2D eigenvalue weighted by atomic mass is 35.5. The van der Waals surface area contributed by atoms with Crippen LogP contribution in [0.3, 0.4) is 0 Å². The van der Waals surface area contributed by atoms with E-state index in [0.29, 0.717) is 6.07 Å². The van der Waals surface area contributed by atoms with Crippen molar-refractivity contribution < 1.29 is 32.6 Å². The van der Waals surface area contributed by atoms with Crippen molar-refractivity contribution in [1.29, 1.82) is 0 Å². The van der Waals surface area contributed by atoms with Gasteiger partial charge in [0.1, 0.15) is 6.61 Å². The van der Waals surface area contributed by atoms with Crippen LogP contribution in [0, 0.1) is 0 Å². The van der Waals surface area contributed by atoms with Gasteiger partial charge in [-0.3, -0.25) is 0 Å². The van der Waals surface area contributed by atoms with Crippen LogP contribution in [-0.4, -0.2) is 23.8 Å². The minimum Gasteiger partial charge on any atom is -0.479 e. The number of amides is 1. The van der Waals surface area contributed by atoms with Crippen LogP contribution in [0.2, 0.25) is 5.02 Å². The maximum absolute atomic E-state index is 13.1. The van der Waals surface area contributed by atoms with E-state index >= 15 is 0 Å². The van der Waals surface area contributed by atoms with Gasteiger partial charge >= 0.3 is 18.2 Å². The van der Waals surface area contributed by atoms with E-state index < -0.39 is 34.9 Å². The number of carbonyl (C=O) groups is 2. The number of carbonyl (C=O) groups excluding carboxylic acids is 1. The zero-order valence-electron chi connectivity index (χ0n) is 16.9. The third-order valence-corrected chi connectivity index (χ3v) is 5.81. The number of benzene rings is 3. The Bertz CT molecular complexity index is 1180. The fraction of sp³-hybridized carbons (Fsp3) is 0.167. The summed E-state index contributed by atoms with van der Waals surface area (Å²) in [5.74, 6) is -1.79. The van der Waals surface area contributed by atoms with E-state index in [9.17, 15) is 27.9 Å². The first kappa shape index (κ1) is 22.7. The average molecular weight is 476 g/mol. The molecule has 0 saturated heterocycles. The van der Waals surface area contributed by atoms with E-state index in [0.717, 1.165) is 34.4 Å². The van der Waals surface area contributed by atoms with E-state index in [-0.39, 0.29) is 18.1 Å². The van der Waals surface area contributed by atoms with Crippen LogP contribution in [0.4, 0.5) is 18.0 Å². The number of ether oxygens (including phenoxy) is 1. The van der Waals surface area contributed by atoms with Gasteiger partial charge in [-0.15, -0.1) is 0 Å². The minimum absolute atomic E-state index is 0.0688. The monoisotopic (exact) mass is 475 g/mol. The lowest BCUT2D eigenvalue weighted by Gasteiger charge is -2.19. The smallest absolute Gasteiger partial charge is 0.417 e. The number of halogens is 4. The van der Waals surface area contributed by atoms with Crippen molar-refractivity contribution in [2.75, 3.05) is 6.61 Å². The molecule has 33 heavy (non-hydrogen) atoms. The maximum atomic E-state index is 13.1. The molecule has 3 aromatic carbocycles. The second kappa shape index (κ2) is 8.78. The van der Waals surface area contributed by atoms with Gasteiger partial charge in [-0.1, -0.05) is 66.2 Å². The van der Waals surface area contributed by atoms with Crippen molar-refractivity contribution in [1.82, 2.24) is 5.32 Å². The van der Waals surface area contributed by atoms with Crippen molar-refractivity contribution in [2.45, 2.75) is 18.1 Å². The highest BCUT2D eigenvalue weighted by Crippen LogP contribution is 2.44. The van der Waals surface area contributed by atoms with Crippen molar-refractivity contribution in [2.24, 2.45) is 0 Å². The molecule has 0 heterocycles. The Hall–Kier alpha value is -3.52. The van der Waals surface area contributed by atoms with E-state index in [4.69, 9.17) is 16.3 Å². The summed E-state index contributed by atoms with van der Waals surface area (Å²) < 4.78 is 44.7. The fourth-order valence-corrected chi connectivity index (χ4v) is 4.21. The van der Waals surface area contributed by atoms with Gasteiger partial charge in [-0.25, -0.2) is 9.59 Å². The predicted molar refractivity (Wildman–Crippen MR) is 115 cm³/mol. The Morgan fingerprint density at radius 3 is 2.12 bits per heavy atom. The third kappa shape index (κ3) is 4.52. The number of carboxylic acids is 1. The number of rotatable bonds is 5. The molecule has 1 atom stereocenters. The van der Waals surface area contributed by atoms with Crippen LogP contribution in [0.5, 0.6) is 0 Å². The molecule has 0 spiro atoms. The first-order chi connectivity index (χ1) is 15.7. The molecule has 4 rings (SSSR count). The van der Waals surface area contributed by atoms with Crippen LogP contribution in [-0.2, 0) is 15.7 Å². The molecule has 9 heteroatoms. The molecule has 0 aromatic heterocycles. The van der Waals surface area contributed by atoms with Crippen LogP contribution >= 0.6 is 11.6 Å². The summed E-state index contributed by atoms with van der Waals surface area (Å²) in [5, 5.41) is 11.1. The number of aliphatic carboxylic acids is 1. The molecule has 1 unspecified atom stereocenters. The molecular formula is C24H17ClF3NO4. The molecule has 0 saturated carbocycles. The molecule has 1 amide bonds. The standard InChI is InChI=1S/C24H17ClF3NO4/c25-20-10-9-13(11-19(20)24(26,27)28)21(22(30)31)29-23(32)33-12-18-16-7-3-1-5-14(16)15-6-2-4-8-17(15)18/h1-11,18,21H,12H2,(H,29,32)(H,30,31). The summed E-state index contributed by atoms with van der Waals surface area (Å²) in [6.45, 7) is -0.0688. The third-order valence-electron chi connectivity index (χ3n) is 5.48. The summed E-state index contributed by atoms with van der Waals surface area (Å²) in [7, 11) is 0. The number of hydrogen-bond donors (Lipinski definition) is 2. The van der Waals surface area contributed by atoms with Gasteiger partial charge < -0.3 is 15.2 Å². The Kier molecular flexibility index (Phi) is 6.03. The molecule has 0 aliphatic heterocycles. The number of alkyl carbamates (subject to hydrolysis) is 1. The molecule has 3 aromatic rings. The zero-order valence-corrected chi connectivity index (χ0v) is 17.7. The minimum atomic E-state index is -4.78. The van der Waals surface area contributed by atoms with Gasteiger partial charge in [0.15, 0.2) is 6.04 Å². The summed E-state index contributed by atoms with van der Waals surface area (Å²) in [6.07, 6.45) is -5.84. The molecule has 0 radical (unpaired) electrons. The van der Waals surface area contributed by atoms with Gasteiger partial charge in [0.25, 0.3) is 0 Å². The second-order valence-corrected chi connectivity index (χ2v) is 7.89. The van der Waals surface area contributed by atoms with Crippen LogP contribution < -0.4 is 5.32 Å². The van der Waals surface area contributed by atoms with Crippen molar-refractivity contribution >= 4 is 23.7 Å². The zero-order chi connectivity index (χ0) is 23.8. The number of hydrogen-bond acceptors (Lipinski definition) is 3. The van der Waals surface area contributed by atoms with E-state index in [2.05, 4.69) is 5.32 Å². The SMILES string of the molecule is O=C(NC(C(=O)O)c1ccc(Cl)c(C(F)(F)F)c1)OCC1c2ccccc2-c2ccccc21. The highest BCUT2D eigenvalue weighted by Gasteiger charge is 2.35. The summed E-state index contributed by atoms with van der Waals surface area (Å²) in [4.78, 5) is 24.1. The topological polar surface area (TPSA) is 75.6 Å². The molecule has 0 bridgehead atoms. The normalized spacial score (nSPS) is 13.7. The lowest BCUT2D eigenvalue weighted by atomic mass is 9.98. The Morgan fingerprint density at radius 2 is 1.58 bits per heavy atom. The first-order valence-corrected chi connectivity index (χ1v) is 10.3. The van der Waals surface area contributed by atoms with E-state index in [1.54, 1.807) is 0 Å². The van der Waals surface area contributed by atoms with Crippen molar-refractivity contribution in [3.05, 3.63) is 94.0 Å². The van der Waals surface area contributed by atoms with Crippen molar-refractivity contribution in [3.8, 4) is 11.1 Å². The molecule has 5 nitrogen and oxygen atoms in total. The predicted octanol–water partition coefficient (Wildman–Crippen LogP) is 6.02. The number of carboxylic acid groups (broad SMARTS) is 1. The summed E-state index contributed by atoms with van der Waals surface area (Å²) in [5.41, 5.74) is 2.50. The van der Waals surface area contributed by atoms with Crippen molar-refractivity contribution in [3.63, 3.8) is 0 Å². The Labute approximate surface area is 191 Å². The Morgan fingerprint density at radius 1 is 1.00 bits per heavy atom. The van der Waals surface area contributed by atoms with Crippen LogP contribution in [0.15, 0.2) is 66.7 Å². The highest BCUT2D eigenvalue weighted by molar-refractivity contribution is 6.31. The van der Waals surface area contributed by atoms with E-state index in [1.165, 1.54) is 0 Å². The first-order valence-electron chi connectivity index (χ1n) is 9.87.